The van der Waals surface area contributed by atoms with Gasteiger partial charge in [0, 0.05) is 6.42 Å². The van der Waals surface area contributed by atoms with Crippen molar-refractivity contribution in [2.45, 2.75) is 294 Å². The molecule has 0 radical (unpaired) electrons. The average Bonchev–Trinajstić information content (AvgIpc) is 3.29. The summed E-state index contributed by atoms with van der Waals surface area (Å²) in [4.78, 5) is 13.0. The number of rotatable bonds is 46. The van der Waals surface area contributed by atoms with Crippen molar-refractivity contribution < 1.29 is 39.8 Å². The summed E-state index contributed by atoms with van der Waals surface area (Å²) in [5.74, 6) is -0.176. The molecule has 1 heterocycles. The van der Waals surface area contributed by atoms with E-state index in [1.54, 1.807) is 6.08 Å². The first-order valence-electron chi connectivity index (χ1n) is 27.2. The number of nitrogens with one attached hydrogen (secondary N) is 1. The summed E-state index contributed by atoms with van der Waals surface area (Å²) >= 11 is 0. The molecule has 64 heavy (non-hydrogen) atoms. The fourth-order valence-corrected chi connectivity index (χ4v) is 8.60. The second-order valence-electron chi connectivity index (χ2n) is 19.0. The van der Waals surface area contributed by atoms with Gasteiger partial charge in [0.2, 0.25) is 5.91 Å². The molecule has 7 atom stereocenters. The van der Waals surface area contributed by atoms with Crippen LogP contribution in [0.1, 0.15) is 251 Å². The molecule has 0 saturated carbocycles. The highest BCUT2D eigenvalue weighted by atomic mass is 16.7. The van der Waals surface area contributed by atoms with E-state index in [2.05, 4.69) is 43.5 Å². The van der Waals surface area contributed by atoms with E-state index < -0.39 is 49.5 Å². The van der Waals surface area contributed by atoms with Crippen molar-refractivity contribution in [3.63, 3.8) is 0 Å². The number of aliphatic hydroxyl groups excluding tert-OH is 5. The second kappa shape index (κ2) is 45.2. The largest absolute Gasteiger partial charge is 0.394 e. The zero-order chi connectivity index (χ0) is 46.6. The number of allylic oxidation sites excluding steroid dienone is 5. The molecule has 1 rings (SSSR count). The van der Waals surface area contributed by atoms with Gasteiger partial charge in [-0.05, 0) is 51.4 Å². The minimum Gasteiger partial charge on any atom is -0.394 e. The molecule has 0 bridgehead atoms. The topological polar surface area (TPSA) is 149 Å². The number of amides is 1. The summed E-state index contributed by atoms with van der Waals surface area (Å²) in [6.07, 6.45) is 50.7. The van der Waals surface area contributed by atoms with Crippen molar-refractivity contribution in [1.82, 2.24) is 5.32 Å². The quantitative estimate of drug-likeness (QED) is 0.0261. The summed E-state index contributed by atoms with van der Waals surface area (Å²) < 4.78 is 11.2. The van der Waals surface area contributed by atoms with Crippen molar-refractivity contribution >= 4 is 5.91 Å². The van der Waals surface area contributed by atoms with Crippen LogP contribution in [0.2, 0.25) is 0 Å². The molecule has 1 fully saturated rings. The molecule has 0 aromatic carbocycles. The molecule has 0 aromatic rings. The smallest absolute Gasteiger partial charge is 0.220 e. The van der Waals surface area contributed by atoms with E-state index in [1.165, 1.54) is 186 Å². The number of carbonyl (C=O) groups is 1. The Hall–Kier alpha value is -1.59. The van der Waals surface area contributed by atoms with Gasteiger partial charge in [-0.2, -0.15) is 0 Å². The molecule has 9 nitrogen and oxygen atoms in total. The average molecular weight is 906 g/mol. The first kappa shape index (κ1) is 60.4. The van der Waals surface area contributed by atoms with E-state index in [0.717, 1.165) is 44.9 Å². The highest BCUT2D eigenvalue weighted by molar-refractivity contribution is 5.76. The van der Waals surface area contributed by atoms with Gasteiger partial charge in [-0.15, -0.1) is 0 Å². The summed E-state index contributed by atoms with van der Waals surface area (Å²) in [6.45, 7) is 3.77. The van der Waals surface area contributed by atoms with Gasteiger partial charge in [0.15, 0.2) is 6.29 Å². The lowest BCUT2D eigenvalue weighted by Crippen LogP contribution is -2.60. The standard InChI is InChI=1S/C55H103NO8/c1-3-5-7-9-11-13-15-17-18-19-20-21-22-23-24-25-26-27-28-29-30-31-32-33-35-37-39-41-43-45-51(59)56-48(47-63-55-54(62)53(61)52(60)50(46-57)64-55)49(58)44-42-40-38-36-34-16-14-12-10-8-6-4-2/h15,17,19-20,42,44,48-50,52-55,57-58,60-62H,3-14,16,18,21-41,43,45-47H2,1-2H3,(H,56,59)/b17-15-,20-19-,44-42+. The third kappa shape index (κ3) is 34.7. The van der Waals surface area contributed by atoms with Crippen molar-refractivity contribution in [1.29, 1.82) is 0 Å². The predicted molar refractivity (Wildman–Crippen MR) is 267 cm³/mol. The fraction of sp³-hybridized carbons (Fsp3) is 0.873. The van der Waals surface area contributed by atoms with E-state index in [9.17, 15) is 30.3 Å². The minimum atomic E-state index is -1.56. The third-order valence-corrected chi connectivity index (χ3v) is 13.0. The van der Waals surface area contributed by atoms with Crippen LogP contribution in [-0.2, 0) is 14.3 Å². The summed E-state index contributed by atoms with van der Waals surface area (Å²) in [5.41, 5.74) is 0. The van der Waals surface area contributed by atoms with Gasteiger partial charge in [-0.25, -0.2) is 0 Å². The highest BCUT2D eigenvalue weighted by Crippen LogP contribution is 2.23. The van der Waals surface area contributed by atoms with Crippen LogP contribution in [0, 0.1) is 0 Å². The fourth-order valence-electron chi connectivity index (χ4n) is 8.60. The number of unbranched alkanes of at least 4 members (excludes halogenated alkanes) is 32. The van der Waals surface area contributed by atoms with Gasteiger partial charge in [0.1, 0.15) is 24.4 Å². The van der Waals surface area contributed by atoms with Crippen LogP contribution in [0.4, 0.5) is 0 Å². The molecule has 1 amide bonds. The van der Waals surface area contributed by atoms with Crippen LogP contribution in [-0.4, -0.2) is 87.5 Å². The lowest BCUT2D eigenvalue weighted by atomic mass is 9.99. The second-order valence-corrected chi connectivity index (χ2v) is 19.0. The number of hydrogen-bond donors (Lipinski definition) is 6. The molecular weight excluding hydrogens is 803 g/mol. The Balaban J connectivity index is 2.16. The molecule has 0 aliphatic carbocycles. The van der Waals surface area contributed by atoms with Crippen molar-refractivity contribution in [2.24, 2.45) is 0 Å². The van der Waals surface area contributed by atoms with E-state index in [-0.39, 0.29) is 12.5 Å². The van der Waals surface area contributed by atoms with Crippen molar-refractivity contribution in [3.8, 4) is 0 Å². The molecule has 1 saturated heterocycles. The molecule has 7 unspecified atom stereocenters. The summed E-state index contributed by atoms with van der Waals surface area (Å²) in [6, 6.07) is -0.802. The molecule has 9 heteroatoms. The van der Waals surface area contributed by atoms with Crippen molar-refractivity contribution in [2.75, 3.05) is 13.2 Å². The molecule has 1 aliphatic heterocycles. The van der Waals surface area contributed by atoms with Gasteiger partial charge in [0.25, 0.3) is 0 Å². The van der Waals surface area contributed by atoms with Crippen LogP contribution in [0.3, 0.4) is 0 Å². The Morgan fingerprint density at radius 1 is 0.531 bits per heavy atom. The molecule has 1 aliphatic rings. The van der Waals surface area contributed by atoms with Crippen LogP contribution >= 0.6 is 0 Å². The molecule has 376 valence electrons. The summed E-state index contributed by atoms with van der Waals surface area (Å²) in [7, 11) is 0. The van der Waals surface area contributed by atoms with E-state index >= 15 is 0 Å². The zero-order valence-corrected chi connectivity index (χ0v) is 41.5. The Bertz CT molecular complexity index is 1100. The molecule has 0 spiro atoms. The van der Waals surface area contributed by atoms with Crippen LogP contribution in [0.25, 0.3) is 0 Å². The summed E-state index contributed by atoms with van der Waals surface area (Å²) in [5, 5.41) is 54.3. The number of ether oxygens (including phenoxy) is 2. The number of carbonyl (C=O) groups excluding carboxylic acids is 1. The van der Waals surface area contributed by atoms with Gasteiger partial charge >= 0.3 is 0 Å². The Morgan fingerprint density at radius 3 is 1.34 bits per heavy atom. The maximum Gasteiger partial charge on any atom is 0.220 e. The van der Waals surface area contributed by atoms with E-state index in [4.69, 9.17) is 9.47 Å². The van der Waals surface area contributed by atoms with Crippen LogP contribution in [0.15, 0.2) is 36.5 Å². The molecule has 6 N–H and O–H groups in total. The maximum atomic E-state index is 13.0. The molecule has 0 aromatic heterocycles. The monoisotopic (exact) mass is 906 g/mol. The van der Waals surface area contributed by atoms with Crippen LogP contribution < -0.4 is 5.32 Å². The van der Waals surface area contributed by atoms with Gasteiger partial charge in [-0.3, -0.25) is 4.79 Å². The van der Waals surface area contributed by atoms with E-state index in [0.29, 0.717) is 6.42 Å². The minimum absolute atomic E-state index is 0.176. The normalized spacial score (nSPS) is 20.3. The number of aliphatic hydroxyl groups is 5. The third-order valence-electron chi connectivity index (χ3n) is 13.0. The van der Waals surface area contributed by atoms with Gasteiger partial charge in [-0.1, -0.05) is 230 Å². The lowest BCUT2D eigenvalue weighted by molar-refractivity contribution is -0.302. The van der Waals surface area contributed by atoms with Gasteiger partial charge in [0.05, 0.1) is 25.4 Å². The first-order valence-corrected chi connectivity index (χ1v) is 27.2. The Labute approximate surface area is 393 Å². The van der Waals surface area contributed by atoms with E-state index in [1.807, 2.05) is 6.08 Å². The predicted octanol–water partition coefficient (Wildman–Crippen LogP) is 12.8. The Kier molecular flexibility index (Phi) is 42.7. The Morgan fingerprint density at radius 2 is 0.922 bits per heavy atom. The van der Waals surface area contributed by atoms with Gasteiger partial charge < -0.3 is 40.3 Å². The SMILES string of the molecule is CCCCCCC/C=C\C/C=C\CCCCCCCCCCCCCCCCCCCC(=O)NC(COC1OC(CO)C(O)C(O)C1O)C(O)/C=C/CCCCCCCCCCCC. The number of hydrogen-bond acceptors (Lipinski definition) is 8. The van der Waals surface area contributed by atoms with Crippen molar-refractivity contribution in [3.05, 3.63) is 36.5 Å². The molecular formula is C55H103NO8. The van der Waals surface area contributed by atoms with Crippen LogP contribution in [0.5, 0.6) is 0 Å². The lowest BCUT2D eigenvalue weighted by Gasteiger charge is -2.40. The first-order chi connectivity index (χ1) is 31.3. The zero-order valence-electron chi connectivity index (χ0n) is 41.5. The maximum absolute atomic E-state index is 13.0. The highest BCUT2D eigenvalue weighted by Gasteiger charge is 2.44.